The molecule has 1 amide bonds. The summed E-state index contributed by atoms with van der Waals surface area (Å²) >= 11 is 0. The Morgan fingerprint density at radius 2 is 2.11 bits per heavy atom. The molecule has 1 atom stereocenters. The van der Waals surface area contributed by atoms with Crippen molar-refractivity contribution in [3.63, 3.8) is 0 Å². The van der Waals surface area contributed by atoms with Crippen molar-refractivity contribution < 1.29 is 4.79 Å². The Bertz CT molecular complexity index is 578. The number of hydrogen-bond acceptors (Lipinski definition) is 3. The summed E-state index contributed by atoms with van der Waals surface area (Å²) in [6.07, 6.45) is 1.58. The molecule has 2 heterocycles. The van der Waals surface area contributed by atoms with E-state index in [2.05, 4.69) is 15.2 Å². The topological polar surface area (TPSA) is 61.9 Å². The number of carbonyl (C=O) groups excluding carboxylic acids is 1. The maximum atomic E-state index is 11.7. The summed E-state index contributed by atoms with van der Waals surface area (Å²) in [5, 5.41) is 7.18. The van der Waals surface area contributed by atoms with Crippen molar-refractivity contribution >= 4 is 5.91 Å². The molecule has 0 aliphatic carbocycles. The van der Waals surface area contributed by atoms with Gasteiger partial charge in [-0.25, -0.2) is 4.98 Å². The summed E-state index contributed by atoms with van der Waals surface area (Å²) < 4.78 is 0. The number of benzene rings is 1. The van der Waals surface area contributed by atoms with Crippen molar-refractivity contribution in [2.45, 2.75) is 25.8 Å². The highest BCUT2D eigenvalue weighted by Crippen LogP contribution is 2.24. The number of hydrogen-bond donors (Lipinski definition) is 1. The van der Waals surface area contributed by atoms with Gasteiger partial charge in [-0.15, -0.1) is 0 Å². The third-order valence-electron chi connectivity index (χ3n) is 3.51. The minimum Gasteiger partial charge on any atom is -0.333 e. The average Bonchev–Trinajstić information content (AvgIpc) is 3.08. The number of H-pyrrole nitrogens is 1. The lowest BCUT2D eigenvalue weighted by molar-refractivity contribution is -0.129. The van der Waals surface area contributed by atoms with E-state index in [0.29, 0.717) is 12.2 Å². The average molecular weight is 256 g/mol. The van der Waals surface area contributed by atoms with Crippen LogP contribution in [0.15, 0.2) is 30.3 Å². The Morgan fingerprint density at radius 1 is 1.32 bits per heavy atom. The number of rotatable bonds is 3. The van der Waals surface area contributed by atoms with Crippen LogP contribution in [-0.2, 0) is 4.79 Å². The third-order valence-corrected chi connectivity index (χ3v) is 3.51. The molecule has 1 aliphatic rings. The van der Waals surface area contributed by atoms with E-state index in [-0.39, 0.29) is 11.9 Å². The summed E-state index contributed by atoms with van der Waals surface area (Å²) in [7, 11) is 0. The van der Waals surface area contributed by atoms with Crippen LogP contribution in [0.1, 0.15) is 31.6 Å². The van der Waals surface area contributed by atoms with Gasteiger partial charge in [-0.05, 0) is 13.3 Å². The van der Waals surface area contributed by atoms with Crippen LogP contribution in [0.4, 0.5) is 0 Å². The lowest BCUT2D eigenvalue weighted by atomic mass is 10.2. The van der Waals surface area contributed by atoms with Crippen LogP contribution in [0.3, 0.4) is 0 Å². The van der Waals surface area contributed by atoms with E-state index in [1.165, 1.54) is 0 Å². The predicted molar refractivity (Wildman–Crippen MR) is 71.2 cm³/mol. The molecule has 3 rings (SSSR count). The monoisotopic (exact) mass is 256 g/mol. The number of likely N-dealkylation sites (tertiary alicyclic amines) is 1. The SMILES string of the molecule is CC(c1nc(-c2ccccc2)n[nH]1)N1CCCC1=O. The van der Waals surface area contributed by atoms with E-state index in [1.54, 1.807) is 0 Å². The standard InChI is InChI=1S/C14H16N4O/c1-10(18-9-5-8-12(18)19)13-15-14(17-16-13)11-6-3-2-4-7-11/h2-4,6-7,10H,5,8-9H2,1H3,(H,15,16,17). The molecule has 1 aromatic carbocycles. The number of nitrogens with one attached hydrogen (secondary N) is 1. The first-order valence-corrected chi connectivity index (χ1v) is 6.53. The second-order valence-electron chi connectivity index (χ2n) is 4.78. The summed E-state index contributed by atoms with van der Waals surface area (Å²) in [6, 6.07) is 9.78. The van der Waals surface area contributed by atoms with Gasteiger partial charge in [0, 0.05) is 18.5 Å². The summed E-state index contributed by atoms with van der Waals surface area (Å²) in [4.78, 5) is 18.1. The molecular weight excluding hydrogens is 240 g/mol. The zero-order valence-corrected chi connectivity index (χ0v) is 10.8. The zero-order valence-electron chi connectivity index (χ0n) is 10.8. The molecule has 0 saturated carbocycles. The Kier molecular flexibility index (Phi) is 3.03. The quantitative estimate of drug-likeness (QED) is 0.915. The second-order valence-corrected chi connectivity index (χ2v) is 4.78. The highest BCUT2D eigenvalue weighted by molar-refractivity contribution is 5.78. The van der Waals surface area contributed by atoms with E-state index in [1.807, 2.05) is 42.2 Å². The van der Waals surface area contributed by atoms with Gasteiger partial charge in [0.1, 0.15) is 5.82 Å². The lowest BCUT2D eigenvalue weighted by Crippen LogP contribution is -2.28. The molecule has 1 aromatic heterocycles. The number of aromatic amines is 1. The van der Waals surface area contributed by atoms with Crippen LogP contribution in [0.2, 0.25) is 0 Å². The van der Waals surface area contributed by atoms with Crippen molar-refractivity contribution in [1.29, 1.82) is 0 Å². The van der Waals surface area contributed by atoms with Gasteiger partial charge in [-0.1, -0.05) is 30.3 Å². The molecule has 1 aliphatic heterocycles. The third kappa shape index (κ3) is 2.23. The molecule has 19 heavy (non-hydrogen) atoms. The van der Waals surface area contributed by atoms with E-state index in [0.717, 1.165) is 24.4 Å². The molecule has 0 radical (unpaired) electrons. The summed E-state index contributed by atoms with van der Waals surface area (Å²) in [5.74, 6) is 1.62. The normalized spacial score (nSPS) is 16.9. The maximum Gasteiger partial charge on any atom is 0.223 e. The Balaban J connectivity index is 1.83. The summed E-state index contributed by atoms with van der Waals surface area (Å²) in [5.41, 5.74) is 0.977. The van der Waals surface area contributed by atoms with Crippen molar-refractivity contribution in [3.8, 4) is 11.4 Å². The van der Waals surface area contributed by atoms with Gasteiger partial charge >= 0.3 is 0 Å². The fraction of sp³-hybridized carbons (Fsp3) is 0.357. The lowest BCUT2D eigenvalue weighted by Gasteiger charge is -2.21. The van der Waals surface area contributed by atoms with E-state index in [4.69, 9.17) is 0 Å². The van der Waals surface area contributed by atoms with Crippen LogP contribution in [0, 0.1) is 0 Å². The van der Waals surface area contributed by atoms with Gasteiger partial charge in [-0.3, -0.25) is 9.89 Å². The smallest absolute Gasteiger partial charge is 0.223 e. The van der Waals surface area contributed by atoms with Crippen molar-refractivity contribution in [3.05, 3.63) is 36.2 Å². The highest BCUT2D eigenvalue weighted by Gasteiger charge is 2.27. The number of nitrogens with zero attached hydrogens (tertiary/aromatic N) is 3. The molecule has 5 heteroatoms. The van der Waals surface area contributed by atoms with Crippen LogP contribution < -0.4 is 0 Å². The first-order chi connectivity index (χ1) is 9.25. The minimum absolute atomic E-state index is 0.0417. The van der Waals surface area contributed by atoms with Crippen LogP contribution in [-0.4, -0.2) is 32.5 Å². The van der Waals surface area contributed by atoms with Gasteiger partial charge in [0.15, 0.2) is 5.82 Å². The molecule has 0 bridgehead atoms. The van der Waals surface area contributed by atoms with Gasteiger partial charge in [0.2, 0.25) is 5.91 Å². The molecule has 2 aromatic rings. The van der Waals surface area contributed by atoms with Gasteiger partial charge in [0.25, 0.3) is 0 Å². The second kappa shape index (κ2) is 4.84. The predicted octanol–water partition coefficient (Wildman–Crippen LogP) is 2.16. The van der Waals surface area contributed by atoms with Gasteiger partial charge in [0.05, 0.1) is 6.04 Å². The molecule has 1 N–H and O–H groups in total. The fourth-order valence-electron chi connectivity index (χ4n) is 2.40. The van der Waals surface area contributed by atoms with E-state index >= 15 is 0 Å². The maximum absolute atomic E-state index is 11.7. The van der Waals surface area contributed by atoms with Crippen molar-refractivity contribution in [1.82, 2.24) is 20.1 Å². The highest BCUT2D eigenvalue weighted by atomic mass is 16.2. The van der Waals surface area contributed by atoms with Crippen LogP contribution >= 0.6 is 0 Å². The zero-order chi connectivity index (χ0) is 13.2. The molecular formula is C14H16N4O. The Hall–Kier alpha value is -2.17. The van der Waals surface area contributed by atoms with Crippen molar-refractivity contribution in [2.75, 3.05) is 6.54 Å². The Morgan fingerprint density at radius 3 is 2.79 bits per heavy atom. The van der Waals surface area contributed by atoms with Gasteiger partial charge < -0.3 is 4.90 Å². The first kappa shape index (κ1) is 11.9. The van der Waals surface area contributed by atoms with Crippen LogP contribution in [0.25, 0.3) is 11.4 Å². The molecule has 98 valence electrons. The molecule has 1 fully saturated rings. The van der Waals surface area contributed by atoms with Gasteiger partial charge in [-0.2, -0.15) is 5.10 Å². The Labute approximate surface area is 111 Å². The van der Waals surface area contributed by atoms with Crippen molar-refractivity contribution in [2.24, 2.45) is 0 Å². The number of aromatic nitrogens is 3. The minimum atomic E-state index is -0.0417. The molecule has 1 unspecified atom stereocenters. The number of carbonyl (C=O) groups is 1. The molecule has 1 saturated heterocycles. The first-order valence-electron chi connectivity index (χ1n) is 6.53. The summed E-state index contributed by atoms with van der Waals surface area (Å²) in [6.45, 7) is 2.79. The number of amides is 1. The largest absolute Gasteiger partial charge is 0.333 e. The fourth-order valence-corrected chi connectivity index (χ4v) is 2.40. The van der Waals surface area contributed by atoms with E-state index in [9.17, 15) is 4.79 Å². The molecule has 5 nitrogen and oxygen atoms in total. The van der Waals surface area contributed by atoms with Crippen LogP contribution in [0.5, 0.6) is 0 Å². The van der Waals surface area contributed by atoms with E-state index < -0.39 is 0 Å². The molecule has 0 spiro atoms.